The standard InChI is InChI=1S/C14H17NO5S/c1-21(18,19)20-7-3-2-4-11-9-15-13-6-5-10(14(16)17)8-12(11)13/h5-6,8-9,15H,2-4,7H2,1H3,(H,16,17). The number of unbranched alkanes of at least 4 members (excludes halogenated alkanes) is 1. The summed E-state index contributed by atoms with van der Waals surface area (Å²) in [6, 6.07) is 4.95. The number of fused-ring (bicyclic) bond motifs is 1. The third-order valence-corrected chi connectivity index (χ3v) is 3.75. The molecule has 0 saturated heterocycles. The summed E-state index contributed by atoms with van der Waals surface area (Å²) in [5, 5.41) is 9.90. The summed E-state index contributed by atoms with van der Waals surface area (Å²) in [7, 11) is -3.38. The lowest BCUT2D eigenvalue weighted by atomic mass is 10.1. The number of nitrogens with one attached hydrogen (secondary N) is 1. The number of carboxylic acid groups (broad SMARTS) is 1. The highest BCUT2D eigenvalue weighted by atomic mass is 32.2. The Hall–Kier alpha value is -1.86. The van der Waals surface area contributed by atoms with E-state index in [4.69, 9.17) is 5.11 Å². The molecule has 2 N–H and O–H groups in total. The molecule has 0 aliphatic carbocycles. The number of aromatic carboxylic acids is 1. The molecule has 1 aromatic carbocycles. The average Bonchev–Trinajstić information content (AvgIpc) is 2.79. The van der Waals surface area contributed by atoms with Crippen molar-refractivity contribution in [2.45, 2.75) is 19.3 Å². The van der Waals surface area contributed by atoms with Crippen molar-refractivity contribution in [2.75, 3.05) is 12.9 Å². The predicted molar refractivity (Wildman–Crippen MR) is 79.0 cm³/mol. The molecule has 0 bridgehead atoms. The Morgan fingerprint density at radius 2 is 2.10 bits per heavy atom. The molecule has 0 spiro atoms. The van der Waals surface area contributed by atoms with Crippen molar-refractivity contribution in [3.63, 3.8) is 0 Å². The lowest BCUT2D eigenvalue weighted by Gasteiger charge is -2.02. The zero-order chi connectivity index (χ0) is 15.5. The van der Waals surface area contributed by atoms with Gasteiger partial charge in [-0.25, -0.2) is 4.79 Å². The first kappa shape index (κ1) is 15.5. The van der Waals surface area contributed by atoms with Crippen LogP contribution in [0, 0.1) is 0 Å². The molecule has 0 atom stereocenters. The fourth-order valence-electron chi connectivity index (χ4n) is 2.15. The Morgan fingerprint density at radius 1 is 1.33 bits per heavy atom. The SMILES string of the molecule is CS(=O)(=O)OCCCCc1c[nH]c2ccc(C(=O)O)cc12. The maximum atomic E-state index is 11.0. The molecular formula is C14H17NO5S. The van der Waals surface area contributed by atoms with Crippen LogP contribution < -0.4 is 0 Å². The summed E-state index contributed by atoms with van der Waals surface area (Å²) in [4.78, 5) is 14.1. The molecule has 0 saturated carbocycles. The highest BCUT2D eigenvalue weighted by Crippen LogP contribution is 2.21. The number of aryl methyl sites for hydroxylation is 1. The Morgan fingerprint density at radius 3 is 2.76 bits per heavy atom. The zero-order valence-corrected chi connectivity index (χ0v) is 12.4. The van der Waals surface area contributed by atoms with E-state index in [-0.39, 0.29) is 12.2 Å². The second-order valence-corrected chi connectivity index (χ2v) is 6.51. The number of hydrogen-bond donors (Lipinski definition) is 2. The van der Waals surface area contributed by atoms with Crippen LogP contribution >= 0.6 is 0 Å². The average molecular weight is 311 g/mol. The fourth-order valence-corrected chi connectivity index (χ4v) is 2.57. The topological polar surface area (TPSA) is 96.5 Å². The first-order valence-electron chi connectivity index (χ1n) is 6.54. The molecule has 6 nitrogen and oxygen atoms in total. The lowest BCUT2D eigenvalue weighted by Crippen LogP contribution is -2.04. The second kappa shape index (κ2) is 6.28. The minimum absolute atomic E-state index is 0.168. The van der Waals surface area contributed by atoms with Crippen LogP contribution in [0.2, 0.25) is 0 Å². The van der Waals surface area contributed by atoms with Gasteiger partial charge in [-0.1, -0.05) is 0 Å². The van der Waals surface area contributed by atoms with Crippen LogP contribution in [0.3, 0.4) is 0 Å². The molecule has 7 heteroatoms. The predicted octanol–water partition coefficient (Wildman–Crippen LogP) is 2.17. The van der Waals surface area contributed by atoms with Gasteiger partial charge in [0.1, 0.15) is 0 Å². The van der Waals surface area contributed by atoms with Crippen molar-refractivity contribution in [1.29, 1.82) is 0 Å². The van der Waals surface area contributed by atoms with Crippen molar-refractivity contribution in [3.05, 3.63) is 35.5 Å². The molecule has 0 aliphatic heterocycles. The van der Waals surface area contributed by atoms with E-state index in [1.165, 1.54) is 0 Å². The smallest absolute Gasteiger partial charge is 0.335 e. The van der Waals surface area contributed by atoms with E-state index in [2.05, 4.69) is 9.17 Å². The summed E-state index contributed by atoms with van der Waals surface area (Å²) >= 11 is 0. The molecule has 0 amide bonds. The van der Waals surface area contributed by atoms with Crippen LogP contribution in [0.1, 0.15) is 28.8 Å². The summed E-state index contributed by atoms with van der Waals surface area (Å²) < 4.78 is 26.3. The summed E-state index contributed by atoms with van der Waals surface area (Å²) in [6.45, 7) is 0.168. The minimum Gasteiger partial charge on any atom is -0.478 e. The number of carboxylic acids is 1. The van der Waals surface area contributed by atoms with E-state index >= 15 is 0 Å². The van der Waals surface area contributed by atoms with Crippen LogP contribution in [0.5, 0.6) is 0 Å². The van der Waals surface area contributed by atoms with Gasteiger partial charge in [0, 0.05) is 17.1 Å². The highest BCUT2D eigenvalue weighted by Gasteiger charge is 2.08. The van der Waals surface area contributed by atoms with Crippen molar-refractivity contribution in [1.82, 2.24) is 4.98 Å². The third-order valence-electron chi connectivity index (χ3n) is 3.15. The number of H-pyrrole nitrogens is 1. The van der Waals surface area contributed by atoms with Gasteiger partial charge < -0.3 is 10.1 Å². The van der Waals surface area contributed by atoms with Gasteiger partial charge in [0.25, 0.3) is 10.1 Å². The van der Waals surface area contributed by atoms with Crippen LogP contribution in [0.15, 0.2) is 24.4 Å². The van der Waals surface area contributed by atoms with Gasteiger partial charge in [0.15, 0.2) is 0 Å². The van der Waals surface area contributed by atoms with Gasteiger partial charge in [0.05, 0.1) is 18.4 Å². The maximum absolute atomic E-state index is 11.0. The Kier molecular flexibility index (Phi) is 4.64. The molecule has 0 aliphatic rings. The quantitative estimate of drug-likeness (QED) is 0.603. The van der Waals surface area contributed by atoms with E-state index < -0.39 is 16.1 Å². The van der Waals surface area contributed by atoms with Crippen LogP contribution in [0.25, 0.3) is 10.9 Å². The van der Waals surface area contributed by atoms with E-state index in [9.17, 15) is 13.2 Å². The van der Waals surface area contributed by atoms with Crippen molar-refractivity contribution < 1.29 is 22.5 Å². The Labute approximate surface area is 122 Å². The van der Waals surface area contributed by atoms with Crippen molar-refractivity contribution in [2.24, 2.45) is 0 Å². The van der Waals surface area contributed by atoms with Gasteiger partial charge in [-0.3, -0.25) is 4.18 Å². The van der Waals surface area contributed by atoms with E-state index in [0.29, 0.717) is 6.42 Å². The molecule has 0 radical (unpaired) electrons. The zero-order valence-electron chi connectivity index (χ0n) is 11.6. The first-order chi connectivity index (χ1) is 9.87. The van der Waals surface area contributed by atoms with Gasteiger partial charge in [0.2, 0.25) is 0 Å². The highest BCUT2D eigenvalue weighted by molar-refractivity contribution is 7.85. The largest absolute Gasteiger partial charge is 0.478 e. The molecule has 114 valence electrons. The molecule has 2 aromatic rings. The summed E-state index contributed by atoms with van der Waals surface area (Å²) in [6.07, 6.45) is 5.00. The normalized spacial score (nSPS) is 11.9. The van der Waals surface area contributed by atoms with Crippen molar-refractivity contribution in [3.8, 4) is 0 Å². The van der Waals surface area contributed by atoms with Crippen LogP contribution in [-0.4, -0.2) is 37.3 Å². The van der Waals surface area contributed by atoms with E-state index in [1.54, 1.807) is 18.2 Å². The van der Waals surface area contributed by atoms with Gasteiger partial charge in [-0.05, 0) is 43.0 Å². The second-order valence-electron chi connectivity index (χ2n) is 4.86. The number of benzene rings is 1. The molecule has 2 rings (SSSR count). The molecule has 1 aromatic heterocycles. The number of rotatable bonds is 7. The Bertz CT molecular complexity index is 748. The Balaban J connectivity index is 1.99. The van der Waals surface area contributed by atoms with Crippen molar-refractivity contribution >= 4 is 27.0 Å². The van der Waals surface area contributed by atoms with Crippen LogP contribution in [0.4, 0.5) is 0 Å². The molecule has 1 heterocycles. The number of aromatic nitrogens is 1. The van der Waals surface area contributed by atoms with Crippen LogP contribution in [-0.2, 0) is 20.7 Å². The molecule has 0 fully saturated rings. The molecule has 0 unspecified atom stereocenters. The first-order valence-corrected chi connectivity index (χ1v) is 8.36. The number of aromatic amines is 1. The third kappa shape index (κ3) is 4.30. The minimum atomic E-state index is -3.38. The molecular weight excluding hydrogens is 294 g/mol. The van der Waals surface area contributed by atoms with E-state index in [1.807, 2.05) is 6.20 Å². The van der Waals surface area contributed by atoms with Gasteiger partial charge >= 0.3 is 5.97 Å². The fraction of sp³-hybridized carbons (Fsp3) is 0.357. The van der Waals surface area contributed by atoms with Gasteiger partial charge in [-0.2, -0.15) is 8.42 Å². The van der Waals surface area contributed by atoms with E-state index in [0.717, 1.165) is 35.6 Å². The maximum Gasteiger partial charge on any atom is 0.335 e. The summed E-state index contributed by atoms with van der Waals surface area (Å²) in [5.74, 6) is -0.953. The lowest BCUT2D eigenvalue weighted by molar-refractivity contribution is 0.0697. The molecule has 21 heavy (non-hydrogen) atoms. The number of carbonyl (C=O) groups is 1. The summed E-state index contributed by atoms with van der Waals surface area (Å²) in [5.41, 5.74) is 2.17. The number of hydrogen-bond acceptors (Lipinski definition) is 4. The monoisotopic (exact) mass is 311 g/mol. The van der Waals surface area contributed by atoms with Gasteiger partial charge in [-0.15, -0.1) is 0 Å².